The summed E-state index contributed by atoms with van der Waals surface area (Å²) >= 11 is 0. The monoisotopic (exact) mass is 439 g/mol. The highest BCUT2D eigenvalue weighted by molar-refractivity contribution is 6.05. The zero-order valence-electron chi connectivity index (χ0n) is 19.3. The van der Waals surface area contributed by atoms with Gasteiger partial charge in [-0.2, -0.15) is 0 Å². The maximum absolute atomic E-state index is 13.0. The predicted molar refractivity (Wildman–Crippen MR) is 132 cm³/mol. The minimum Gasteiger partial charge on any atom is -0.489 e. The summed E-state index contributed by atoms with van der Waals surface area (Å²) in [5.74, 6) is 1.08. The second kappa shape index (κ2) is 10.2. The fourth-order valence-corrected chi connectivity index (χ4v) is 3.75. The lowest BCUT2D eigenvalue weighted by molar-refractivity contribution is 0.102. The third kappa shape index (κ3) is 5.69. The summed E-state index contributed by atoms with van der Waals surface area (Å²) in [5.41, 5.74) is 5.67. The van der Waals surface area contributed by atoms with Gasteiger partial charge in [0.25, 0.3) is 5.91 Å². The Kier molecular flexibility index (Phi) is 6.89. The van der Waals surface area contributed by atoms with Gasteiger partial charge in [0, 0.05) is 35.8 Å². The number of aryl methyl sites for hydroxylation is 1. The van der Waals surface area contributed by atoms with Crippen molar-refractivity contribution in [3.05, 3.63) is 113 Å². The zero-order valence-corrected chi connectivity index (χ0v) is 19.3. The van der Waals surface area contributed by atoms with Crippen LogP contribution in [0.25, 0.3) is 0 Å². The number of ether oxygens (including phenoxy) is 1. The van der Waals surface area contributed by atoms with Crippen LogP contribution in [0.15, 0.2) is 85.5 Å². The first-order valence-corrected chi connectivity index (χ1v) is 11.2. The number of carbonyl (C=O) groups excluding carboxylic acids is 1. The molecular weight excluding hydrogens is 410 g/mol. The number of amides is 1. The molecule has 0 unspecified atom stereocenters. The van der Waals surface area contributed by atoms with Crippen molar-refractivity contribution in [1.82, 2.24) is 9.55 Å². The first kappa shape index (κ1) is 22.3. The maximum atomic E-state index is 13.0. The molecule has 5 heteroatoms. The number of imidazole rings is 1. The highest BCUT2D eigenvalue weighted by atomic mass is 16.5. The molecule has 4 rings (SSSR count). The molecule has 33 heavy (non-hydrogen) atoms. The van der Waals surface area contributed by atoms with Crippen molar-refractivity contribution in [3.63, 3.8) is 0 Å². The molecule has 3 aromatic carbocycles. The first-order valence-electron chi connectivity index (χ1n) is 11.2. The summed E-state index contributed by atoms with van der Waals surface area (Å²) < 4.78 is 8.19. The number of nitrogens with zero attached hydrogens (tertiary/aromatic N) is 2. The third-order valence-corrected chi connectivity index (χ3v) is 5.57. The molecule has 0 aliphatic rings. The summed E-state index contributed by atoms with van der Waals surface area (Å²) in [7, 11) is 0. The fourth-order valence-electron chi connectivity index (χ4n) is 3.75. The molecule has 5 nitrogen and oxygen atoms in total. The van der Waals surface area contributed by atoms with E-state index in [0.29, 0.717) is 18.1 Å². The highest BCUT2D eigenvalue weighted by Gasteiger charge is 2.14. The van der Waals surface area contributed by atoms with Gasteiger partial charge in [0.2, 0.25) is 0 Å². The summed E-state index contributed by atoms with van der Waals surface area (Å²) in [6, 6.07) is 21.7. The molecule has 1 heterocycles. The van der Waals surface area contributed by atoms with Gasteiger partial charge in [-0.05, 0) is 53.8 Å². The Bertz CT molecular complexity index is 1210. The van der Waals surface area contributed by atoms with Crippen molar-refractivity contribution < 1.29 is 9.53 Å². The van der Waals surface area contributed by atoms with Crippen LogP contribution in [-0.2, 0) is 13.2 Å². The lowest BCUT2D eigenvalue weighted by atomic mass is 10.0. The smallest absolute Gasteiger partial charge is 0.256 e. The Morgan fingerprint density at radius 1 is 1.06 bits per heavy atom. The molecule has 0 radical (unpaired) electrons. The summed E-state index contributed by atoms with van der Waals surface area (Å²) in [4.78, 5) is 17.1. The minimum absolute atomic E-state index is 0.148. The quantitative estimate of drug-likeness (QED) is 0.356. The van der Waals surface area contributed by atoms with Crippen LogP contribution in [0.5, 0.6) is 5.75 Å². The van der Waals surface area contributed by atoms with Crippen LogP contribution in [-0.4, -0.2) is 15.5 Å². The normalized spacial score (nSPS) is 10.9. The number of carbonyl (C=O) groups is 1. The highest BCUT2D eigenvalue weighted by Crippen LogP contribution is 2.28. The summed E-state index contributed by atoms with van der Waals surface area (Å²) in [5, 5.41) is 3.01. The number of anilines is 1. The molecule has 1 N–H and O–H groups in total. The molecule has 0 bridgehead atoms. The molecule has 0 atom stereocenters. The number of rotatable bonds is 8. The van der Waals surface area contributed by atoms with E-state index in [0.717, 1.165) is 34.7 Å². The van der Waals surface area contributed by atoms with Crippen LogP contribution in [0.3, 0.4) is 0 Å². The Morgan fingerprint density at radius 2 is 1.85 bits per heavy atom. The molecule has 0 aliphatic heterocycles. The van der Waals surface area contributed by atoms with Crippen molar-refractivity contribution in [1.29, 1.82) is 0 Å². The molecular formula is C28H29N3O2. The van der Waals surface area contributed by atoms with Gasteiger partial charge in [-0.1, -0.05) is 56.3 Å². The van der Waals surface area contributed by atoms with E-state index in [1.807, 2.05) is 59.3 Å². The molecule has 168 valence electrons. The van der Waals surface area contributed by atoms with Gasteiger partial charge in [-0.25, -0.2) is 4.98 Å². The van der Waals surface area contributed by atoms with Crippen LogP contribution >= 0.6 is 0 Å². The van der Waals surface area contributed by atoms with E-state index in [2.05, 4.69) is 49.3 Å². The van der Waals surface area contributed by atoms with Crippen LogP contribution in [0.1, 0.15) is 52.4 Å². The van der Waals surface area contributed by atoms with E-state index in [1.165, 1.54) is 5.56 Å². The van der Waals surface area contributed by atoms with Gasteiger partial charge >= 0.3 is 0 Å². The van der Waals surface area contributed by atoms with E-state index < -0.39 is 0 Å². The van der Waals surface area contributed by atoms with Gasteiger partial charge in [-0.3, -0.25) is 4.79 Å². The molecule has 0 saturated heterocycles. The van der Waals surface area contributed by atoms with Gasteiger partial charge in [-0.15, -0.1) is 0 Å². The third-order valence-electron chi connectivity index (χ3n) is 5.57. The van der Waals surface area contributed by atoms with Crippen molar-refractivity contribution in [2.45, 2.75) is 39.8 Å². The van der Waals surface area contributed by atoms with Gasteiger partial charge in [0.05, 0.1) is 6.33 Å². The average Bonchev–Trinajstić information content (AvgIpc) is 3.32. The second-order valence-electron chi connectivity index (χ2n) is 8.53. The topological polar surface area (TPSA) is 56.1 Å². The lowest BCUT2D eigenvalue weighted by Crippen LogP contribution is -2.15. The van der Waals surface area contributed by atoms with Gasteiger partial charge < -0.3 is 14.6 Å². The van der Waals surface area contributed by atoms with Crippen LogP contribution in [0.2, 0.25) is 0 Å². The standard InChI is InChI=1S/C28H29N3O2/c1-20(2)25-13-8-21(3)16-27(25)33-18-23-6-4-5-7-26(23)28(32)30-24-11-9-22(10-12-24)17-31-15-14-29-19-31/h4-16,19-20H,17-18H2,1-3H3,(H,30,32). The largest absolute Gasteiger partial charge is 0.489 e. The second-order valence-corrected chi connectivity index (χ2v) is 8.53. The van der Waals surface area contributed by atoms with E-state index in [9.17, 15) is 4.79 Å². The Hall–Kier alpha value is -3.86. The van der Waals surface area contributed by atoms with E-state index in [4.69, 9.17) is 4.74 Å². The summed E-state index contributed by atoms with van der Waals surface area (Å²) in [6.45, 7) is 7.43. The Balaban J connectivity index is 1.45. The SMILES string of the molecule is Cc1ccc(C(C)C)c(OCc2ccccc2C(=O)Nc2ccc(Cn3ccnc3)cc2)c1. The van der Waals surface area contributed by atoms with E-state index in [-0.39, 0.29) is 5.91 Å². The minimum atomic E-state index is -0.148. The molecule has 0 saturated carbocycles. The maximum Gasteiger partial charge on any atom is 0.256 e. The lowest BCUT2D eigenvalue weighted by Gasteiger charge is -2.16. The van der Waals surface area contributed by atoms with Crippen LogP contribution in [0, 0.1) is 6.92 Å². The summed E-state index contributed by atoms with van der Waals surface area (Å²) in [6.07, 6.45) is 5.48. The Labute approximate surface area is 195 Å². The number of hydrogen-bond donors (Lipinski definition) is 1. The molecule has 1 amide bonds. The van der Waals surface area contributed by atoms with Crippen molar-refractivity contribution >= 4 is 11.6 Å². The van der Waals surface area contributed by atoms with Crippen molar-refractivity contribution in [3.8, 4) is 5.75 Å². The van der Waals surface area contributed by atoms with E-state index in [1.54, 1.807) is 12.5 Å². The predicted octanol–water partition coefficient (Wildman–Crippen LogP) is 6.19. The fraction of sp³-hybridized carbons (Fsp3) is 0.214. The zero-order chi connectivity index (χ0) is 23.2. The molecule has 0 fully saturated rings. The first-order chi connectivity index (χ1) is 16.0. The number of aromatic nitrogens is 2. The van der Waals surface area contributed by atoms with Crippen molar-refractivity contribution in [2.75, 3.05) is 5.32 Å². The molecule has 1 aromatic heterocycles. The number of nitrogens with one attached hydrogen (secondary N) is 1. The van der Waals surface area contributed by atoms with Crippen molar-refractivity contribution in [2.24, 2.45) is 0 Å². The number of hydrogen-bond acceptors (Lipinski definition) is 3. The molecule has 0 aliphatic carbocycles. The van der Waals surface area contributed by atoms with Crippen LogP contribution in [0.4, 0.5) is 5.69 Å². The Morgan fingerprint density at radius 3 is 2.58 bits per heavy atom. The average molecular weight is 440 g/mol. The van der Waals surface area contributed by atoms with Gasteiger partial charge in [0.1, 0.15) is 12.4 Å². The number of benzene rings is 3. The molecule has 0 spiro atoms. The molecule has 4 aromatic rings. The van der Waals surface area contributed by atoms with Crippen LogP contribution < -0.4 is 10.1 Å². The van der Waals surface area contributed by atoms with E-state index >= 15 is 0 Å². The van der Waals surface area contributed by atoms with Gasteiger partial charge in [0.15, 0.2) is 0 Å².